The number of likely N-dealkylation sites (tertiary alicyclic amines) is 1. The molecule has 1 aromatic heterocycles. The largest absolute Gasteiger partial charge is 0.383 e. The summed E-state index contributed by atoms with van der Waals surface area (Å²) in [6.45, 7) is 7.16. The van der Waals surface area contributed by atoms with E-state index in [1.54, 1.807) is 18.9 Å². The Morgan fingerprint density at radius 1 is 1.38 bits per heavy atom. The molecule has 0 N–H and O–H groups in total. The molecule has 3 heterocycles. The van der Waals surface area contributed by atoms with Gasteiger partial charge in [-0.05, 0) is 26.7 Å². The van der Waals surface area contributed by atoms with Gasteiger partial charge in [-0.1, -0.05) is 0 Å². The second-order valence-electron chi connectivity index (χ2n) is 6.70. The zero-order valence-electron chi connectivity index (χ0n) is 14.8. The highest BCUT2D eigenvalue weighted by molar-refractivity contribution is 6.00. The van der Waals surface area contributed by atoms with E-state index in [9.17, 15) is 9.59 Å². The molecule has 0 bridgehead atoms. The third kappa shape index (κ3) is 2.56. The van der Waals surface area contributed by atoms with Crippen molar-refractivity contribution in [3.05, 3.63) is 17.1 Å². The van der Waals surface area contributed by atoms with Gasteiger partial charge >= 0.3 is 0 Å². The fourth-order valence-corrected chi connectivity index (χ4v) is 3.73. The van der Waals surface area contributed by atoms with E-state index in [2.05, 4.69) is 4.98 Å². The van der Waals surface area contributed by atoms with E-state index in [4.69, 9.17) is 9.72 Å². The van der Waals surface area contributed by atoms with Crippen molar-refractivity contribution >= 4 is 17.6 Å². The number of methoxy groups -OCH3 is 1. The van der Waals surface area contributed by atoms with Gasteiger partial charge in [0.15, 0.2) is 5.82 Å². The van der Waals surface area contributed by atoms with Crippen LogP contribution in [0.1, 0.15) is 43.8 Å². The summed E-state index contributed by atoms with van der Waals surface area (Å²) >= 11 is 0. The third-order valence-electron chi connectivity index (χ3n) is 5.10. The molecule has 1 atom stereocenters. The van der Waals surface area contributed by atoms with Crippen molar-refractivity contribution in [2.24, 2.45) is 0 Å². The van der Waals surface area contributed by atoms with Crippen molar-refractivity contribution < 1.29 is 14.3 Å². The molecule has 3 rings (SSSR count). The number of hydrogen-bond acceptors (Lipinski definition) is 5. The first-order valence-electron chi connectivity index (χ1n) is 8.34. The highest BCUT2D eigenvalue weighted by Gasteiger charge is 2.43. The molecule has 2 aliphatic heterocycles. The molecule has 0 radical (unpaired) electrons. The van der Waals surface area contributed by atoms with Crippen molar-refractivity contribution in [2.45, 2.75) is 45.6 Å². The molecule has 1 saturated heterocycles. The highest BCUT2D eigenvalue weighted by Crippen LogP contribution is 2.39. The molecule has 0 saturated carbocycles. The van der Waals surface area contributed by atoms with Gasteiger partial charge in [-0.15, -0.1) is 0 Å². The summed E-state index contributed by atoms with van der Waals surface area (Å²) < 4.78 is 5.11. The van der Waals surface area contributed by atoms with Crippen molar-refractivity contribution in [3.63, 3.8) is 0 Å². The quantitative estimate of drug-likeness (QED) is 0.827. The van der Waals surface area contributed by atoms with Gasteiger partial charge in [0.05, 0.1) is 25.1 Å². The first kappa shape index (κ1) is 16.8. The minimum atomic E-state index is -0.510. The molecule has 0 aliphatic carbocycles. The lowest BCUT2D eigenvalue weighted by atomic mass is 9.97. The SMILES string of the molecule is COCCN1C(=O)Cc2c(C)nc(C3(C)CCCN3C(C)=O)nc21. The average molecular weight is 332 g/mol. The van der Waals surface area contributed by atoms with E-state index in [0.29, 0.717) is 31.2 Å². The Bertz CT molecular complexity index is 691. The maximum Gasteiger partial charge on any atom is 0.232 e. The number of aryl methyl sites for hydroxylation is 1. The van der Waals surface area contributed by atoms with Crippen LogP contribution < -0.4 is 4.90 Å². The molecule has 0 spiro atoms. The van der Waals surface area contributed by atoms with E-state index in [1.165, 1.54) is 0 Å². The number of ether oxygens (including phenoxy) is 1. The predicted molar refractivity (Wildman–Crippen MR) is 88.7 cm³/mol. The van der Waals surface area contributed by atoms with Crippen LogP contribution >= 0.6 is 0 Å². The summed E-state index contributed by atoms with van der Waals surface area (Å²) in [5.41, 5.74) is 1.19. The number of carbonyl (C=O) groups excluding carboxylic acids is 2. The van der Waals surface area contributed by atoms with Gasteiger partial charge in [0, 0.05) is 31.8 Å². The van der Waals surface area contributed by atoms with Gasteiger partial charge in [0.2, 0.25) is 11.8 Å². The van der Waals surface area contributed by atoms with E-state index in [0.717, 1.165) is 30.6 Å². The lowest BCUT2D eigenvalue weighted by Crippen LogP contribution is -2.43. The summed E-state index contributed by atoms with van der Waals surface area (Å²) in [5, 5.41) is 0. The Kier molecular flexibility index (Phi) is 4.29. The molecular formula is C17H24N4O3. The molecule has 24 heavy (non-hydrogen) atoms. The zero-order chi connectivity index (χ0) is 17.5. The maximum atomic E-state index is 12.3. The van der Waals surface area contributed by atoms with E-state index >= 15 is 0 Å². The van der Waals surface area contributed by atoms with Crippen molar-refractivity contribution in [3.8, 4) is 0 Å². The first-order valence-corrected chi connectivity index (χ1v) is 8.34. The van der Waals surface area contributed by atoms with Crippen LogP contribution in [0.15, 0.2) is 0 Å². The lowest BCUT2D eigenvalue weighted by Gasteiger charge is -2.33. The molecule has 1 unspecified atom stereocenters. The number of anilines is 1. The van der Waals surface area contributed by atoms with Crippen LogP contribution in [-0.2, 0) is 26.3 Å². The third-order valence-corrected chi connectivity index (χ3v) is 5.10. The Morgan fingerprint density at radius 2 is 2.12 bits per heavy atom. The highest BCUT2D eigenvalue weighted by atomic mass is 16.5. The lowest BCUT2D eigenvalue weighted by molar-refractivity contribution is -0.133. The summed E-state index contributed by atoms with van der Waals surface area (Å²) in [4.78, 5) is 37.2. The second kappa shape index (κ2) is 6.12. The van der Waals surface area contributed by atoms with Gasteiger partial charge in [0.1, 0.15) is 5.82 Å². The van der Waals surface area contributed by atoms with Crippen molar-refractivity contribution in [1.29, 1.82) is 0 Å². The topological polar surface area (TPSA) is 75.6 Å². The molecule has 1 fully saturated rings. The smallest absolute Gasteiger partial charge is 0.232 e. The standard InChI is InChI=1S/C17H24N4O3/c1-11-13-10-14(23)20(8-9-24-4)15(13)19-16(18-11)17(3)6-5-7-21(17)12(2)22/h5-10H2,1-4H3. The molecule has 0 aromatic carbocycles. The van der Waals surface area contributed by atoms with Gasteiger partial charge in [0.25, 0.3) is 0 Å². The van der Waals surface area contributed by atoms with Crippen LogP contribution in [0.25, 0.3) is 0 Å². The number of rotatable bonds is 4. The minimum absolute atomic E-state index is 0.0246. The van der Waals surface area contributed by atoms with Gasteiger partial charge < -0.3 is 9.64 Å². The van der Waals surface area contributed by atoms with Crippen LogP contribution in [-0.4, -0.2) is 53.5 Å². The normalized spacial score (nSPS) is 23.1. The van der Waals surface area contributed by atoms with Crippen LogP contribution in [0.5, 0.6) is 0 Å². The minimum Gasteiger partial charge on any atom is -0.383 e. The Hall–Kier alpha value is -2.02. The monoisotopic (exact) mass is 332 g/mol. The van der Waals surface area contributed by atoms with Gasteiger partial charge in [-0.25, -0.2) is 9.97 Å². The van der Waals surface area contributed by atoms with E-state index in [1.807, 2.05) is 18.7 Å². The molecule has 130 valence electrons. The molecular weight excluding hydrogens is 308 g/mol. The van der Waals surface area contributed by atoms with Crippen molar-refractivity contribution in [1.82, 2.24) is 14.9 Å². The van der Waals surface area contributed by atoms with Gasteiger partial charge in [-0.2, -0.15) is 0 Å². The number of aromatic nitrogens is 2. The number of carbonyl (C=O) groups is 2. The Labute approximate surface area is 142 Å². The zero-order valence-corrected chi connectivity index (χ0v) is 14.8. The van der Waals surface area contributed by atoms with E-state index < -0.39 is 5.54 Å². The fraction of sp³-hybridized carbons (Fsp3) is 0.647. The summed E-state index contributed by atoms with van der Waals surface area (Å²) in [6.07, 6.45) is 2.09. The van der Waals surface area contributed by atoms with Crippen LogP contribution in [0.3, 0.4) is 0 Å². The number of nitrogens with zero attached hydrogens (tertiary/aromatic N) is 4. The number of amides is 2. The Morgan fingerprint density at radius 3 is 2.79 bits per heavy atom. The summed E-state index contributed by atoms with van der Waals surface area (Å²) in [6, 6.07) is 0. The first-order chi connectivity index (χ1) is 11.4. The van der Waals surface area contributed by atoms with Gasteiger partial charge in [-0.3, -0.25) is 14.5 Å². The van der Waals surface area contributed by atoms with Crippen LogP contribution in [0.4, 0.5) is 5.82 Å². The predicted octanol–water partition coefficient (Wildman–Crippen LogP) is 1.18. The Balaban J connectivity index is 2.03. The molecule has 7 heteroatoms. The number of fused-ring (bicyclic) bond motifs is 1. The molecule has 2 amide bonds. The second-order valence-corrected chi connectivity index (χ2v) is 6.70. The summed E-state index contributed by atoms with van der Waals surface area (Å²) in [7, 11) is 1.61. The average Bonchev–Trinajstić information content (AvgIpc) is 3.07. The number of hydrogen-bond donors (Lipinski definition) is 0. The molecule has 7 nitrogen and oxygen atoms in total. The van der Waals surface area contributed by atoms with E-state index in [-0.39, 0.29) is 11.8 Å². The van der Waals surface area contributed by atoms with Crippen LogP contribution in [0, 0.1) is 6.92 Å². The molecule has 1 aromatic rings. The maximum absolute atomic E-state index is 12.3. The van der Waals surface area contributed by atoms with Crippen molar-refractivity contribution in [2.75, 3.05) is 31.7 Å². The summed E-state index contributed by atoms with van der Waals surface area (Å²) in [5.74, 6) is 1.36. The van der Waals surface area contributed by atoms with Crippen LogP contribution in [0.2, 0.25) is 0 Å². The fourth-order valence-electron chi connectivity index (χ4n) is 3.73. The molecule has 2 aliphatic rings.